The zero-order chi connectivity index (χ0) is 21.3. The van der Waals surface area contributed by atoms with Crippen molar-refractivity contribution in [2.24, 2.45) is 0 Å². The van der Waals surface area contributed by atoms with Gasteiger partial charge in [0.2, 0.25) is 0 Å². The van der Waals surface area contributed by atoms with Gasteiger partial charge in [-0.15, -0.1) is 0 Å². The van der Waals surface area contributed by atoms with Gasteiger partial charge in [0.15, 0.2) is 16.8 Å². The fourth-order valence-electron chi connectivity index (χ4n) is 3.38. The third-order valence-corrected chi connectivity index (χ3v) is 6.04. The van der Waals surface area contributed by atoms with Crippen molar-refractivity contribution in [2.75, 3.05) is 11.4 Å². The molecule has 1 amide bonds. The van der Waals surface area contributed by atoms with E-state index < -0.39 is 17.5 Å². The van der Waals surface area contributed by atoms with Crippen LogP contribution in [0.1, 0.15) is 27.9 Å². The van der Waals surface area contributed by atoms with Gasteiger partial charge >= 0.3 is 0 Å². The zero-order valence-electron chi connectivity index (χ0n) is 16.6. The topological polar surface area (TPSA) is 51.0 Å². The van der Waals surface area contributed by atoms with E-state index in [0.717, 1.165) is 33.5 Å². The number of amides is 1. The Balaban J connectivity index is 1.68. The number of nitrogens with zero attached hydrogens (tertiary/aromatic N) is 4. The Morgan fingerprint density at radius 2 is 2.00 bits per heavy atom. The Kier molecular flexibility index (Phi) is 5.59. The van der Waals surface area contributed by atoms with Gasteiger partial charge in [-0.2, -0.15) is 0 Å². The Morgan fingerprint density at radius 1 is 1.17 bits per heavy atom. The molecule has 4 aromatic rings. The summed E-state index contributed by atoms with van der Waals surface area (Å²) in [7, 11) is 0. The summed E-state index contributed by atoms with van der Waals surface area (Å²) in [6, 6.07) is 7.26. The fourth-order valence-corrected chi connectivity index (χ4v) is 4.42. The molecule has 4 rings (SSSR count). The summed E-state index contributed by atoms with van der Waals surface area (Å²) < 4.78 is 30.0. The molecule has 0 bridgehead atoms. The van der Waals surface area contributed by atoms with Crippen molar-refractivity contribution in [3.05, 3.63) is 77.4 Å². The first-order valence-corrected chi connectivity index (χ1v) is 10.3. The van der Waals surface area contributed by atoms with Crippen LogP contribution in [-0.4, -0.2) is 27.0 Å². The predicted molar refractivity (Wildman–Crippen MR) is 114 cm³/mol. The van der Waals surface area contributed by atoms with Crippen LogP contribution in [0.25, 0.3) is 10.2 Å². The number of carbonyl (C=O) groups excluding carboxylic acids is 1. The number of anilines is 1. The monoisotopic (exact) mass is 426 g/mol. The highest BCUT2D eigenvalue weighted by Crippen LogP contribution is 2.33. The van der Waals surface area contributed by atoms with Gasteiger partial charge in [0.1, 0.15) is 0 Å². The van der Waals surface area contributed by atoms with E-state index in [0.29, 0.717) is 24.6 Å². The van der Waals surface area contributed by atoms with Crippen molar-refractivity contribution >= 4 is 32.6 Å². The largest absolute Gasteiger partial charge is 0.337 e. The number of hydrogen-bond donors (Lipinski definition) is 0. The van der Waals surface area contributed by atoms with Crippen molar-refractivity contribution in [3.8, 4) is 0 Å². The molecule has 0 fully saturated rings. The molecule has 2 aromatic carbocycles. The van der Waals surface area contributed by atoms with Crippen molar-refractivity contribution in [3.63, 3.8) is 0 Å². The number of hydrogen-bond acceptors (Lipinski definition) is 4. The molecule has 0 unspecified atom stereocenters. The lowest BCUT2D eigenvalue weighted by molar-refractivity contribution is 0.0985. The summed E-state index contributed by atoms with van der Waals surface area (Å²) in [5.41, 5.74) is 3.09. The smallest absolute Gasteiger partial charge is 0.260 e. The predicted octanol–water partition coefficient (Wildman–Crippen LogP) is 5.12. The number of halogens is 2. The minimum absolute atomic E-state index is 0.0867. The van der Waals surface area contributed by atoms with Gasteiger partial charge in [0.25, 0.3) is 5.91 Å². The number of aryl methyl sites for hydroxylation is 3. The third-order valence-electron chi connectivity index (χ3n) is 4.81. The third kappa shape index (κ3) is 4.09. The van der Waals surface area contributed by atoms with Crippen LogP contribution in [0.4, 0.5) is 13.9 Å². The van der Waals surface area contributed by atoms with Gasteiger partial charge in [-0.25, -0.2) is 18.7 Å². The number of thiazole rings is 1. The number of carbonyl (C=O) groups is 1. The Hall–Kier alpha value is -3.13. The summed E-state index contributed by atoms with van der Waals surface area (Å²) in [6.45, 7) is 5.07. The molecule has 0 spiro atoms. The number of imidazole rings is 1. The van der Waals surface area contributed by atoms with E-state index in [1.165, 1.54) is 17.4 Å². The summed E-state index contributed by atoms with van der Waals surface area (Å²) in [5.74, 6) is -2.44. The Bertz CT molecular complexity index is 1200. The maximum atomic E-state index is 13.7. The van der Waals surface area contributed by atoms with E-state index in [-0.39, 0.29) is 5.56 Å². The molecule has 0 saturated carbocycles. The molecule has 0 aliphatic heterocycles. The van der Waals surface area contributed by atoms with E-state index in [4.69, 9.17) is 0 Å². The SMILES string of the molecule is Cc1cc(C)c2sc(N(CCCn3ccnc3)C(=O)c3ccc(F)c(F)c3)nc2c1. The van der Waals surface area contributed by atoms with Crippen molar-refractivity contribution in [1.82, 2.24) is 14.5 Å². The molecule has 0 N–H and O–H groups in total. The summed E-state index contributed by atoms with van der Waals surface area (Å²) in [6.07, 6.45) is 5.92. The fraction of sp³-hybridized carbons (Fsp3) is 0.227. The van der Waals surface area contributed by atoms with E-state index in [9.17, 15) is 13.6 Å². The van der Waals surface area contributed by atoms with Crippen LogP contribution in [0, 0.1) is 25.5 Å². The molecule has 0 radical (unpaired) electrons. The number of fused-ring (bicyclic) bond motifs is 1. The van der Waals surface area contributed by atoms with Crippen LogP contribution in [0.2, 0.25) is 0 Å². The molecule has 0 aliphatic carbocycles. The number of rotatable bonds is 6. The van der Waals surface area contributed by atoms with E-state index in [2.05, 4.69) is 16.0 Å². The maximum absolute atomic E-state index is 13.7. The second kappa shape index (κ2) is 8.31. The highest BCUT2D eigenvalue weighted by atomic mass is 32.1. The van der Waals surface area contributed by atoms with Crippen LogP contribution in [0.3, 0.4) is 0 Å². The van der Waals surface area contributed by atoms with E-state index in [1.54, 1.807) is 17.4 Å². The molecule has 2 heterocycles. The van der Waals surface area contributed by atoms with Gasteiger partial charge in [0, 0.05) is 31.0 Å². The molecule has 5 nitrogen and oxygen atoms in total. The van der Waals surface area contributed by atoms with Crippen molar-refractivity contribution in [1.29, 1.82) is 0 Å². The molecular formula is C22H20F2N4OS. The average Bonchev–Trinajstić information content (AvgIpc) is 3.36. The second-order valence-corrected chi connectivity index (χ2v) is 8.14. The highest BCUT2D eigenvalue weighted by molar-refractivity contribution is 7.22. The van der Waals surface area contributed by atoms with Gasteiger partial charge < -0.3 is 4.57 Å². The van der Waals surface area contributed by atoms with Crippen LogP contribution in [0.5, 0.6) is 0 Å². The first kappa shape index (κ1) is 20.2. The van der Waals surface area contributed by atoms with Crippen LogP contribution in [0.15, 0.2) is 49.1 Å². The average molecular weight is 426 g/mol. The standard InChI is InChI=1S/C22H20F2N4OS/c1-14-10-15(2)20-19(11-14)26-22(30-20)28(8-3-7-27-9-6-25-13-27)21(29)16-4-5-17(23)18(24)12-16/h4-6,9-13H,3,7-8H2,1-2H3. The molecule has 8 heteroatoms. The normalized spacial score (nSPS) is 11.2. The van der Waals surface area contributed by atoms with Crippen LogP contribution >= 0.6 is 11.3 Å². The Labute approximate surface area is 176 Å². The maximum Gasteiger partial charge on any atom is 0.260 e. The van der Waals surface area contributed by atoms with Gasteiger partial charge in [0.05, 0.1) is 16.5 Å². The highest BCUT2D eigenvalue weighted by Gasteiger charge is 2.22. The summed E-state index contributed by atoms with van der Waals surface area (Å²) >= 11 is 1.43. The minimum atomic E-state index is -1.05. The molecule has 0 atom stereocenters. The minimum Gasteiger partial charge on any atom is -0.337 e. The van der Waals surface area contributed by atoms with E-state index in [1.807, 2.05) is 30.7 Å². The zero-order valence-corrected chi connectivity index (χ0v) is 17.4. The number of aromatic nitrogens is 3. The summed E-state index contributed by atoms with van der Waals surface area (Å²) in [4.78, 5) is 23.5. The van der Waals surface area contributed by atoms with E-state index >= 15 is 0 Å². The first-order chi connectivity index (χ1) is 14.4. The van der Waals surface area contributed by atoms with Crippen LogP contribution in [-0.2, 0) is 6.54 Å². The lowest BCUT2D eigenvalue weighted by Gasteiger charge is -2.20. The van der Waals surface area contributed by atoms with Crippen molar-refractivity contribution in [2.45, 2.75) is 26.8 Å². The lowest BCUT2D eigenvalue weighted by atomic mass is 10.1. The molecule has 2 aromatic heterocycles. The van der Waals surface area contributed by atoms with Crippen molar-refractivity contribution < 1.29 is 13.6 Å². The quantitative estimate of drug-likeness (QED) is 0.430. The lowest BCUT2D eigenvalue weighted by Crippen LogP contribution is -2.32. The second-order valence-electron chi connectivity index (χ2n) is 7.17. The molecule has 154 valence electrons. The first-order valence-electron chi connectivity index (χ1n) is 9.53. The number of benzene rings is 2. The molecule has 0 aliphatic rings. The Morgan fingerprint density at radius 3 is 2.73 bits per heavy atom. The van der Waals surface area contributed by atoms with Crippen LogP contribution < -0.4 is 4.90 Å². The summed E-state index contributed by atoms with van der Waals surface area (Å²) in [5, 5.41) is 0.541. The molecular weight excluding hydrogens is 406 g/mol. The molecule has 0 saturated heterocycles. The van der Waals surface area contributed by atoms with Gasteiger partial charge in [-0.05, 0) is 55.7 Å². The van der Waals surface area contributed by atoms with Gasteiger partial charge in [-0.1, -0.05) is 17.4 Å². The molecule has 30 heavy (non-hydrogen) atoms. The van der Waals surface area contributed by atoms with Gasteiger partial charge in [-0.3, -0.25) is 9.69 Å².